The molecule has 0 unspecified atom stereocenters. The molecule has 1 saturated heterocycles. The van der Waals surface area contributed by atoms with E-state index in [9.17, 15) is 18.0 Å². The van der Waals surface area contributed by atoms with E-state index in [-0.39, 0.29) is 23.6 Å². The van der Waals surface area contributed by atoms with E-state index in [4.69, 9.17) is 16.3 Å². The van der Waals surface area contributed by atoms with E-state index in [1.54, 1.807) is 49.5 Å². The number of nitrogens with one attached hydrogen (secondary N) is 2. The van der Waals surface area contributed by atoms with Gasteiger partial charge in [-0.05, 0) is 73.6 Å². The maximum absolute atomic E-state index is 14.1. The lowest BCUT2D eigenvalue weighted by molar-refractivity contribution is -0.138. The number of aryl methyl sites for hydroxylation is 1. The Balaban J connectivity index is 1.24. The Kier molecular flexibility index (Phi) is 8.50. The third kappa shape index (κ3) is 6.95. The predicted molar refractivity (Wildman–Crippen MR) is 168 cm³/mol. The molecule has 0 spiro atoms. The van der Waals surface area contributed by atoms with Crippen LogP contribution in [0.4, 0.5) is 18.9 Å². The van der Waals surface area contributed by atoms with Gasteiger partial charge in [0.15, 0.2) is 5.82 Å². The van der Waals surface area contributed by atoms with Crippen molar-refractivity contribution in [1.29, 1.82) is 0 Å². The summed E-state index contributed by atoms with van der Waals surface area (Å²) in [5.74, 6) is 0.407. The number of carbonyl (C=O) groups excluding carboxylic acids is 1. The summed E-state index contributed by atoms with van der Waals surface area (Å²) in [5, 5.41) is 3.34. The standard InChI is InChI=1S/C33H30ClF3N6O2/c1-20-3-10-25(45-32-29-27(11-12-38-29)39-30(41-32)21-6-8-24(34)9-7-21)18-28(20)40-31(44)22-4-5-23(26(17-22)33(35,36)37)19-43-15-13-42(2)14-16-43/h3-12,17-18,38H,13-16,19H2,1-2H3,(H,40,44). The van der Waals surface area contributed by atoms with Crippen molar-refractivity contribution in [2.24, 2.45) is 0 Å². The Morgan fingerprint density at radius 1 is 1.00 bits per heavy atom. The van der Waals surface area contributed by atoms with E-state index < -0.39 is 17.6 Å². The molecule has 0 aliphatic carbocycles. The van der Waals surface area contributed by atoms with Crippen LogP contribution in [0.25, 0.3) is 22.4 Å². The summed E-state index contributed by atoms with van der Waals surface area (Å²) in [7, 11) is 1.99. The first-order valence-electron chi connectivity index (χ1n) is 14.4. The van der Waals surface area contributed by atoms with Crippen molar-refractivity contribution in [1.82, 2.24) is 24.8 Å². The fraction of sp³-hybridized carbons (Fsp3) is 0.242. The van der Waals surface area contributed by atoms with Crippen molar-refractivity contribution in [2.45, 2.75) is 19.6 Å². The Bertz CT molecular complexity index is 1850. The van der Waals surface area contributed by atoms with Crippen LogP contribution in [0.15, 0.2) is 72.9 Å². The predicted octanol–water partition coefficient (Wildman–Crippen LogP) is 7.40. The van der Waals surface area contributed by atoms with Crippen molar-refractivity contribution in [3.63, 3.8) is 0 Å². The van der Waals surface area contributed by atoms with E-state index in [2.05, 4.69) is 25.2 Å². The van der Waals surface area contributed by atoms with Crippen LogP contribution >= 0.6 is 11.6 Å². The summed E-state index contributed by atoms with van der Waals surface area (Å²) in [5.41, 5.74) is 2.31. The zero-order valence-corrected chi connectivity index (χ0v) is 25.3. The summed E-state index contributed by atoms with van der Waals surface area (Å²) >= 11 is 6.04. The Labute approximate surface area is 262 Å². The number of likely N-dealkylation sites (N-methyl/N-ethyl adjacent to an activating group) is 1. The number of anilines is 1. The number of H-pyrrole nitrogens is 1. The third-order valence-corrected chi connectivity index (χ3v) is 8.07. The fourth-order valence-corrected chi connectivity index (χ4v) is 5.32. The van der Waals surface area contributed by atoms with E-state index >= 15 is 0 Å². The number of nitrogens with zero attached hydrogens (tertiary/aromatic N) is 4. The molecule has 232 valence electrons. The first kappa shape index (κ1) is 30.6. The monoisotopic (exact) mass is 634 g/mol. The van der Waals surface area contributed by atoms with Crippen molar-refractivity contribution in [3.8, 4) is 23.0 Å². The number of ether oxygens (including phenoxy) is 1. The van der Waals surface area contributed by atoms with Gasteiger partial charge in [0, 0.05) is 66.8 Å². The minimum atomic E-state index is -4.60. The molecule has 3 aromatic carbocycles. The highest BCUT2D eigenvalue weighted by Crippen LogP contribution is 2.35. The molecular weight excluding hydrogens is 605 g/mol. The van der Waals surface area contributed by atoms with Crippen LogP contribution in [0.2, 0.25) is 5.02 Å². The van der Waals surface area contributed by atoms with E-state index in [1.165, 1.54) is 12.1 Å². The lowest BCUT2D eigenvalue weighted by Gasteiger charge is -2.33. The van der Waals surface area contributed by atoms with Gasteiger partial charge >= 0.3 is 6.18 Å². The molecule has 5 aromatic rings. The number of rotatable bonds is 7. The van der Waals surface area contributed by atoms with Crippen molar-refractivity contribution in [3.05, 3.63) is 100 Å². The molecule has 3 heterocycles. The normalized spacial score (nSPS) is 14.5. The molecule has 1 aliphatic rings. The van der Waals surface area contributed by atoms with Crippen LogP contribution in [-0.4, -0.2) is 63.9 Å². The Morgan fingerprint density at radius 2 is 1.76 bits per heavy atom. The zero-order valence-electron chi connectivity index (χ0n) is 24.6. The number of halogens is 4. The van der Waals surface area contributed by atoms with Gasteiger partial charge in [-0.1, -0.05) is 23.7 Å². The molecule has 45 heavy (non-hydrogen) atoms. The number of amides is 1. The smallest absolute Gasteiger partial charge is 0.416 e. The van der Waals surface area contributed by atoms with Gasteiger partial charge in [-0.2, -0.15) is 18.2 Å². The van der Waals surface area contributed by atoms with Gasteiger partial charge in [0.05, 0.1) is 11.1 Å². The fourth-order valence-electron chi connectivity index (χ4n) is 5.19. The highest BCUT2D eigenvalue weighted by molar-refractivity contribution is 6.30. The van der Waals surface area contributed by atoms with Crippen molar-refractivity contribution < 1.29 is 22.7 Å². The number of aromatic nitrogens is 3. The van der Waals surface area contributed by atoms with Gasteiger partial charge in [0.25, 0.3) is 5.91 Å². The van der Waals surface area contributed by atoms with Crippen LogP contribution in [0, 0.1) is 6.92 Å². The second-order valence-corrected chi connectivity index (χ2v) is 11.5. The molecule has 2 aromatic heterocycles. The largest absolute Gasteiger partial charge is 0.437 e. The molecule has 0 saturated carbocycles. The molecule has 1 amide bonds. The highest BCUT2D eigenvalue weighted by atomic mass is 35.5. The molecule has 1 aliphatic heterocycles. The van der Waals surface area contributed by atoms with Gasteiger partial charge in [-0.15, -0.1) is 0 Å². The van der Waals surface area contributed by atoms with Gasteiger partial charge < -0.3 is 19.9 Å². The number of piperazine rings is 1. The number of aromatic amines is 1. The lowest BCUT2D eigenvalue weighted by atomic mass is 10.0. The average molecular weight is 635 g/mol. The quantitative estimate of drug-likeness (QED) is 0.194. The summed E-state index contributed by atoms with van der Waals surface area (Å²) in [6, 6.07) is 17.8. The van der Waals surface area contributed by atoms with Crippen molar-refractivity contribution in [2.75, 3.05) is 38.5 Å². The summed E-state index contributed by atoms with van der Waals surface area (Å²) < 4.78 is 48.5. The Hall–Kier alpha value is -4.45. The molecule has 0 bridgehead atoms. The second-order valence-electron chi connectivity index (χ2n) is 11.1. The summed E-state index contributed by atoms with van der Waals surface area (Å²) in [4.78, 5) is 29.7. The van der Waals surface area contributed by atoms with Gasteiger partial charge in [0.2, 0.25) is 5.88 Å². The van der Waals surface area contributed by atoms with Crippen molar-refractivity contribution >= 4 is 34.2 Å². The van der Waals surface area contributed by atoms with Crippen LogP contribution in [0.1, 0.15) is 27.0 Å². The van der Waals surface area contributed by atoms with Crippen LogP contribution in [0.5, 0.6) is 11.6 Å². The van der Waals surface area contributed by atoms with Crippen LogP contribution < -0.4 is 10.1 Å². The Morgan fingerprint density at radius 3 is 2.49 bits per heavy atom. The minimum Gasteiger partial charge on any atom is -0.437 e. The number of hydrogen-bond acceptors (Lipinski definition) is 6. The molecule has 8 nitrogen and oxygen atoms in total. The van der Waals surface area contributed by atoms with Crippen LogP contribution in [0.3, 0.4) is 0 Å². The molecule has 6 rings (SSSR count). The van der Waals surface area contributed by atoms with Gasteiger partial charge in [-0.3, -0.25) is 9.69 Å². The average Bonchev–Trinajstić information content (AvgIpc) is 3.49. The third-order valence-electron chi connectivity index (χ3n) is 7.81. The van der Waals surface area contributed by atoms with Gasteiger partial charge in [0.1, 0.15) is 11.3 Å². The van der Waals surface area contributed by atoms with Crippen LogP contribution in [-0.2, 0) is 12.7 Å². The maximum atomic E-state index is 14.1. The molecule has 1 fully saturated rings. The van der Waals surface area contributed by atoms with E-state index in [1.807, 2.05) is 24.1 Å². The second kappa shape index (κ2) is 12.5. The number of carbonyl (C=O) groups is 1. The van der Waals surface area contributed by atoms with Gasteiger partial charge in [-0.25, -0.2) is 4.98 Å². The molecule has 0 radical (unpaired) electrons. The summed E-state index contributed by atoms with van der Waals surface area (Å²) in [6.07, 6.45) is -2.88. The number of benzene rings is 3. The number of alkyl halides is 3. The number of hydrogen-bond donors (Lipinski definition) is 2. The number of fused-ring (bicyclic) bond motifs is 1. The molecule has 12 heteroatoms. The zero-order chi connectivity index (χ0) is 31.7. The minimum absolute atomic E-state index is 0.0910. The van der Waals surface area contributed by atoms with E-state index in [0.29, 0.717) is 52.0 Å². The maximum Gasteiger partial charge on any atom is 0.416 e. The first-order valence-corrected chi connectivity index (χ1v) is 14.7. The molecule has 0 atom stereocenters. The lowest BCUT2D eigenvalue weighted by Crippen LogP contribution is -2.44. The highest BCUT2D eigenvalue weighted by Gasteiger charge is 2.34. The molecular formula is C33H30ClF3N6O2. The SMILES string of the molecule is Cc1ccc(Oc2nc(-c3ccc(Cl)cc3)nc3cc[nH]c23)cc1NC(=O)c1ccc(CN2CCN(C)CC2)c(C(F)(F)F)c1. The topological polar surface area (TPSA) is 86.4 Å². The summed E-state index contributed by atoms with van der Waals surface area (Å²) in [6.45, 7) is 4.90. The first-order chi connectivity index (χ1) is 21.5. The molecule has 2 N–H and O–H groups in total. The van der Waals surface area contributed by atoms with E-state index in [0.717, 1.165) is 24.7 Å².